The second-order valence-electron chi connectivity index (χ2n) is 5.25. The van der Waals surface area contributed by atoms with Gasteiger partial charge in [0, 0.05) is 25.4 Å². The topological polar surface area (TPSA) is 49.0 Å². The fraction of sp³-hybridized carbons (Fsp3) is 0.571. The van der Waals surface area contributed by atoms with E-state index in [1.54, 1.807) is 16.7 Å². The van der Waals surface area contributed by atoms with Crippen LogP contribution in [0.5, 0.6) is 0 Å². The predicted octanol–water partition coefficient (Wildman–Crippen LogP) is 1.47. The second-order valence-corrected chi connectivity index (χ2v) is 5.25. The Morgan fingerprint density at radius 1 is 1.33 bits per heavy atom. The van der Waals surface area contributed by atoms with E-state index in [0.717, 1.165) is 39.0 Å². The zero-order valence-electron chi connectivity index (χ0n) is 10.8. The fourth-order valence-electron chi connectivity index (χ4n) is 2.28. The first-order valence-electron chi connectivity index (χ1n) is 6.42. The third-order valence-electron chi connectivity index (χ3n) is 3.79. The van der Waals surface area contributed by atoms with Crippen LogP contribution in [0.25, 0.3) is 0 Å². The van der Waals surface area contributed by atoms with Crippen molar-refractivity contribution >= 4 is 0 Å². The molecule has 0 amide bonds. The van der Waals surface area contributed by atoms with Crippen molar-refractivity contribution in [1.29, 1.82) is 5.26 Å². The number of nitrogens with zero attached hydrogens (tertiary/aromatic N) is 3. The Kier molecular flexibility index (Phi) is 3.83. The maximum atomic E-state index is 11.5. The number of rotatable bonds is 3. The Balaban J connectivity index is 1.85. The normalized spacial score (nSPS) is 19.3. The molecule has 2 rings (SSSR count). The highest BCUT2D eigenvalue weighted by Crippen LogP contribution is 2.29. The summed E-state index contributed by atoms with van der Waals surface area (Å²) >= 11 is 0. The molecule has 0 N–H and O–H groups in total. The third kappa shape index (κ3) is 2.99. The van der Waals surface area contributed by atoms with Crippen molar-refractivity contribution in [3.8, 4) is 6.07 Å². The lowest BCUT2D eigenvalue weighted by Gasteiger charge is -2.34. The van der Waals surface area contributed by atoms with Gasteiger partial charge >= 0.3 is 0 Å². The second kappa shape index (κ2) is 5.36. The van der Waals surface area contributed by atoms with Gasteiger partial charge in [0.1, 0.15) is 0 Å². The highest BCUT2D eigenvalue weighted by molar-refractivity contribution is 4.99. The minimum absolute atomic E-state index is 0.0522. The SMILES string of the molecule is CC1(C#N)CCN(CCn2ccccc2=O)CC1. The first-order chi connectivity index (χ1) is 8.63. The van der Waals surface area contributed by atoms with Crippen molar-refractivity contribution in [2.75, 3.05) is 19.6 Å². The molecule has 96 valence electrons. The number of piperidine rings is 1. The van der Waals surface area contributed by atoms with Crippen molar-refractivity contribution in [1.82, 2.24) is 9.47 Å². The lowest BCUT2D eigenvalue weighted by atomic mass is 9.82. The maximum absolute atomic E-state index is 11.5. The number of likely N-dealkylation sites (tertiary alicyclic amines) is 1. The molecule has 1 fully saturated rings. The summed E-state index contributed by atoms with van der Waals surface area (Å²) in [6, 6.07) is 7.63. The van der Waals surface area contributed by atoms with Crippen LogP contribution < -0.4 is 5.56 Å². The smallest absolute Gasteiger partial charge is 0.250 e. The average molecular weight is 245 g/mol. The van der Waals surface area contributed by atoms with Crippen LogP contribution in [0.1, 0.15) is 19.8 Å². The molecule has 0 aromatic carbocycles. The van der Waals surface area contributed by atoms with Crippen LogP contribution in [-0.2, 0) is 6.54 Å². The van der Waals surface area contributed by atoms with Crippen molar-refractivity contribution in [2.45, 2.75) is 26.3 Å². The summed E-state index contributed by atoms with van der Waals surface area (Å²) in [5, 5.41) is 9.07. The van der Waals surface area contributed by atoms with Gasteiger partial charge in [-0.2, -0.15) is 5.26 Å². The Hall–Kier alpha value is -1.60. The third-order valence-corrected chi connectivity index (χ3v) is 3.79. The molecule has 4 nitrogen and oxygen atoms in total. The molecule has 18 heavy (non-hydrogen) atoms. The predicted molar refractivity (Wildman–Crippen MR) is 70.1 cm³/mol. The van der Waals surface area contributed by atoms with Crippen molar-refractivity contribution < 1.29 is 0 Å². The summed E-state index contributed by atoms with van der Waals surface area (Å²) < 4.78 is 1.73. The molecule has 0 unspecified atom stereocenters. The Morgan fingerprint density at radius 2 is 2.06 bits per heavy atom. The summed E-state index contributed by atoms with van der Waals surface area (Å²) in [5.74, 6) is 0. The van der Waals surface area contributed by atoms with Crippen LogP contribution in [0.4, 0.5) is 0 Å². The van der Waals surface area contributed by atoms with E-state index < -0.39 is 0 Å². The zero-order chi connectivity index (χ0) is 13.0. The Morgan fingerprint density at radius 3 is 2.67 bits per heavy atom. The van der Waals surface area contributed by atoms with Crippen molar-refractivity contribution in [2.24, 2.45) is 5.41 Å². The summed E-state index contributed by atoms with van der Waals surface area (Å²) in [6.07, 6.45) is 3.67. The molecule has 4 heteroatoms. The van der Waals surface area contributed by atoms with Crippen LogP contribution in [0.15, 0.2) is 29.2 Å². The van der Waals surface area contributed by atoms with Crippen molar-refractivity contribution in [3.63, 3.8) is 0 Å². The van der Waals surface area contributed by atoms with Crippen LogP contribution in [0.2, 0.25) is 0 Å². The van der Waals surface area contributed by atoms with Crippen LogP contribution in [0, 0.1) is 16.7 Å². The minimum Gasteiger partial charge on any atom is -0.314 e. The molecule has 0 spiro atoms. The highest BCUT2D eigenvalue weighted by atomic mass is 16.1. The molecule has 1 aromatic heterocycles. The van der Waals surface area contributed by atoms with Crippen LogP contribution in [0.3, 0.4) is 0 Å². The van der Waals surface area contributed by atoms with E-state index in [4.69, 9.17) is 5.26 Å². The number of hydrogen-bond donors (Lipinski definition) is 0. The van der Waals surface area contributed by atoms with E-state index in [1.807, 2.05) is 19.2 Å². The van der Waals surface area contributed by atoms with Crippen LogP contribution in [-0.4, -0.2) is 29.1 Å². The van der Waals surface area contributed by atoms with Gasteiger partial charge in [-0.15, -0.1) is 0 Å². The van der Waals surface area contributed by atoms with Gasteiger partial charge in [-0.05, 0) is 38.9 Å². The number of pyridine rings is 1. The van der Waals surface area contributed by atoms with E-state index >= 15 is 0 Å². The summed E-state index contributed by atoms with van der Waals surface area (Å²) in [6.45, 7) is 5.54. The van der Waals surface area contributed by atoms with Crippen molar-refractivity contribution in [3.05, 3.63) is 34.7 Å². The molecule has 1 saturated heterocycles. The van der Waals surface area contributed by atoms with E-state index in [-0.39, 0.29) is 11.0 Å². The monoisotopic (exact) mass is 245 g/mol. The molecule has 1 aliphatic rings. The van der Waals surface area contributed by atoms with Gasteiger partial charge in [0.25, 0.3) is 5.56 Å². The lowest BCUT2D eigenvalue weighted by molar-refractivity contribution is 0.152. The molecule has 1 aromatic rings. The van der Waals surface area contributed by atoms with Gasteiger partial charge in [0.2, 0.25) is 0 Å². The molecular weight excluding hydrogens is 226 g/mol. The van der Waals surface area contributed by atoms with Gasteiger partial charge in [-0.25, -0.2) is 0 Å². The zero-order valence-corrected chi connectivity index (χ0v) is 10.8. The minimum atomic E-state index is -0.153. The number of aromatic nitrogens is 1. The van der Waals surface area contributed by atoms with E-state index in [0.29, 0.717) is 0 Å². The van der Waals surface area contributed by atoms with E-state index in [2.05, 4.69) is 11.0 Å². The standard InChI is InChI=1S/C14H19N3O/c1-14(12-15)5-8-16(9-6-14)10-11-17-7-3-2-4-13(17)18/h2-4,7H,5-6,8-11H2,1H3. The maximum Gasteiger partial charge on any atom is 0.250 e. The van der Waals surface area contributed by atoms with Crippen LogP contribution >= 0.6 is 0 Å². The average Bonchev–Trinajstić information content (AvgIpc) is 2.40. The molecule has 2 heterocycles. The largest absolute Gasteiger partial charge is 0.314 e. The van der Waals surface area contributed by atoms with E-state index in [9.17, 15) is 4.79 Å². The lowest BCUT2D eigenvalue weighted by Crippen LogP contribution is -2.40. The summed E-state index contributed by atoms with van der Waals surface area (Å²) in [4.78, 5) is 13.9. The highest BCUT2D eigenvalue weighted by Gasteiger charge is 2.29. The Bertz CT molecular complexity index is 492. The first-order valence-corrected chi connectivity index (χ1v) is 6.42. The molecule has 0 radical (unpaired) electrons. The summed E-state index contributed by atoms with van der Waals surface area (Å²) in [7, 11) is 0. The van der Waals surface area contributed by atoms with Gasteiger partial charge < -0.3 is 9.47 Å². The van der Waals surface area contributed by atoms with E-state index in [1.165, 1.54) is 0 Å². The number of nitriles is 1. The molecule has 0 atom stereocenters. The molecule has 1 aliphatic heterocycles. The fourth-order valence-corrected chi connectivity index (χ4v) is 2.28. The van der Waals surface area contributed by atoms with Gasteiger partial charge in [0.15, 0.2) is 0 Å². The molecule has 0 bridgehead atoms. The van der Waals surface area contributed by atoms with Gasteiger partial charge in [-0.1, -0.05) is 6.07 Å². The molecule has 0 saturated carbocycles. The first kappa shape index (κ1) is 12.8. The number of hydrogen-bond acceptors (Lipinski definition) is 3. The molecular formula is C14H19N3O. The summed E-state index contributed by atoms with van der Waals surface area (Å²) in [5.41, 5.74) is -0.100. The van der Waals surface area contributed by atoms with Gasteiger partial charge in [0.05, 0.1) is 11.5 Å². The molecule has 0 aliphatic carbocycles. The van der Waals surface area contributed by atoms with Gasteiger partial charge in [-0.3, -0.25) is 4.79 Å². The quantitative estimate of drug-likeness (QED) is 0.810. The Labute approximate surface area is 107 Å².